The topological polar surface area (TPSA) is 66.7 Å². The lowest BCUT2D eigenvalue weighted by molar-refractivity contribution is 0.477. The maximum atomic E-state index is 5.27. The van der Waals surface area contributed by atoms with E-state index in [0.29, 0.717) is 13.1 Å². The number of nitrogens with one attached hydrogen (secondary N) is 2. The van der Waals surface area contributed by atoms with Gasteiger partial charge in [0.1, 0.15) is 17.9 Å². The van der Waals surface area contributed by atoms with E-state index in [9.17, 15) is 0 Å². The van der Waals surface area contributed by atoms with Crippen LogP contribution in [0.3, 0.4) is 0 Å². The Bertz CT molecular complexity index is 379. The third-order valence-corrected chi connectivity index (χ3v) is 2.01. The molecule has 0 atom stereocenters. The summed E-state index contributed by atoms with van der Waals surface area (Å²) in [7, 11) is 0. The Kier molecular flexibility index (Phi) is 2.60. The Balaban J connectivity index is 1.81. The summed E-state index contributed by atoms with van der Waals surface area (Å²) < 4.78 is 5.27. The molecule has 0 saturated heterocycles. The maximum Gasteiger partial charge on any atom is 0.138 e. The summed E-state index contributed by atoms with van der Waals surface area (Å²) in [6, 6.07) is 1.95. The van der Waals surface area contributed by atoms with Gasteiger partial charge in [-0.3, -0.25) is 5.10 Å². The first-order valence-corrected chi connectivity index (χ1v) is 4.44. The highest BCUT2D eigenvalue weighted by molar-refractivity contribution is 5.14. The summed E-state index contributed by atoms with van der Waals surface area (Å²) in [5.74, 6) is 1.79. The molecule has 2 rings (SSSR count). The monoisotopic (exact) mass is 192 g/mol. The Morgan fingerprint density at radius 3 is 3.07 bits per heavy atom. The van der Waals surface area contributed by atoms with E-state index >= 15 is 0 Å². The number of rotatable bonds is 4. The number of aromatic amines is 1. The first-order chi connectivity index (χ1) is 6.86. The van der Waals surface area contributed by atoms with Crippen LogP contribution >= 0.6 is 0 Å². The Hall–Kier alpha value is -1.62. The van der Waals surface area contributed by atoms with Crippen molar-refractivity contribution in [3.8, 4) is 0 Å². The SMILES string of the molecule is Cc1ccoc1CNCc1ncn[nH]1. The molecule has 2 N–H and O–H groups in total. The van der Waals surface area contributed by atoms with Gasteiger partial charge in [0, 0.05) is 0 Å². The fourth-order valence-corrected chi connectivity index (χ4v) is 1.20. The molecule has 0 amide bonds. The van der Waals surface area contributed by atoms with Gasteiger partial charge in [-0.2, -0.15) is 5.10 Å². The average molecular weight is 192 g/mol. The molecule has 0 aromatic carbocycles. The van der Waals surface area contributed by atoms with Gasteiger partial charge < -0.3 is 9.73 Å². The van der Waals surface area contributed by atoms with Crippen molar-refractivity contribution in [3.63, 3.8) is 0 Å². The standard InChI is InChI=1S/C9H12N4O/c1-7-2-3-14-8(7)4-10-5-9-11-6-12-13-9/h2-3,6,10H,4-5H2,1H3,(H,11,12,13). The minimum absolute atomic E-state index is 0.667. The van der Waals surface area contributed by atoms with Crippen molar-refractivity contribution in [1.82, 2.24) is 20.5 Å². The molecule has 5 heteroatoms. The lowest BCUT2D eigenvalue weighted by atomic mass is 10.3. The predicted molar refractivity (Wildman–Crippen MR) is 50.4 cm³/mol. The van der Waals surface area contributed by atoms with Crippen molar-refractivity contribution >= 4 is 0 Å². The minimum atomic E-state index is 0.667. The van der Waals surface area contributed by atoms with Crippen molar-refractivity contribution in [2.24, 2.45) is 0 Å². The van der Waals surface area contributed by atoms with Gasteiger partial charge in [0.25, 0.3) is 0 Å². The first-order valence-electron chi connectivity index (χ1n) is 4.44. The Morgan fingerprint density at radius 1 is 1.50 bits per heavy atom. The minimum Gasteiger partial charge on any atom is -0.468 e. The molecule has 74 valence electrons. The van der Waals surface area contributed by atoms with Crippen LogP contribution in [0.2, 0.25) is 0 Å². The fraction of sp³-hybridized carbons (Fsp3) is 0.333. The molecule has 0 fully saturated rings. The van der Waals surface area contributed by atoms with Crippen LogP contribution in [0.1, 0.15) is 17.1 Å². The van der Waals surface area contributed by atoms with Crippen molar-refractivity contribution in [3.05, 3.63) is 35.8 Å². The van der Waals surface area contributed by atoms with Crippen molar-refractivity contribution in [1.29, 1.82) is 0 Å². The number of hydrogen-bond acceptors (Lipinski definition) is 4. The number of nitrogens with zero attached hydrogens (tertiary/aromatic N) is 2. The van der Waals surface area contributed by atoms with Crippen LogP contribution in [-0.2, 0) is 13.1 Å². The van der Waals surface area contributed by atoms with Gasteiger partial charge in [-0.1, -0.05) is 0 Å². The van der Waals surface area contributed by atoms with Crippen LogP contribution in [0.4, 0.5) is 0 Å². The zero-order chi connectivity index (χ0) is 9.80. The van der Waals surface area contributed by atoms with E-state index < -0.39 is 0 Å². The first kappa shape index (κ1) is 8.96. The summed E-state index contributed by atoms with van der Waals surface area (Å²) >= 11 is 0. The average Bonchev–Trinajstić information content (AvgIpc) is 2.78. The van der Waals surface area contributed by atoms with E-state index in [2.05, 4.69) is 20.5 Å². The van der Waals surface area contributed by atoms with Crippen molar-refractivity contribution in [2.45, 2.75) is 20.0 Å². The van der Waals surface area contributed by atoms with Crippen LogP contribution in [0.25, 0.3) is 0 Å². The number of hydrogen-bond donors (Lipinski definition) is 2. The molecule has 2 heterocycles. The lowest BCUT2D eigenvalue weighted by Crippen LogP contribution is -2.13. The molecule has 0 unspecified atom stereocenters. The van der Waals surface area contributed by atoms with Gasteiger partial charge >= 0.3 is 0 Å². The summed E-state index contributed by atoms with van der Waals surface area (Å²) in [6.45, 7) is 3.40. The van der Waals surface area contributed by atoms with Gasteiger partial charge in [-0.15, -0.1) is 0 Å². The van der Waals surface area contributed by atoms with Gasteiger partial charge in [-0.05, 0) is 18.6 Å². The highest BCUT2D eigenvalue weighted by atomic mass is 16.3. The predicted octanol–water partition coefficient (Wildman–Crippen LogP) is 0.996. The third-order valence-electron chi connectivity index (χ3n) is 2.01. The van der Waals surface area contributed by atoms with Crippen LogP contribution in [-0.4, -0.2) is 15.2 Å². The normalized spacial score (nSPS) is 10.6. The van der Waals surface area contributed by atoms with Crippen LogP contribution in [0, 0.1) is 6.92 Å². The summed E-state index contributed by atoms with van der Waals surface area (Å²) in [6.07, 6.45) is 3.19. The van der Waals surface area contributed by atoms with Crippen molar-refractivity contribution in [2.75, 3.05) is 0 Å². The molecule has 2 aromatic rings. The number of furan rings is 1. The summed E-state index contributed by atoms with van der Waals surface area (Å²) in [5.41, 5.74) is 1.16. The van der Waals surface area contributed by atoms with E-state index in [1.54, 1.807) is 6.26 Å². The highest BCUT2D eigenvalue weighted by Crippen LogP contribution is 2.07. The van der Waals surface area contributed by atoms with Crippen LogP contribution in [0.15, 0.2) is 23.1 Å². The second kappa shape index (κ2) is 4.06. The van der Waals surface area contributed by atoms with Crippen molar-refractivity contribution < 1.29 is 4.42 Å². The zero-order valence-corrected chi connectivity index (χ0v) is 7.95. The largest absolute Gasteiger partial charge is 0.468 e. The van der Waals surface area contributed by atoms with E-state index in [1.807, 2.05) is 13.0 Å². The van der Waals surface area contributed by atoms with Crippen LogP contribution in [0.5, 0.6) is 0 Å². The molecular formula is C9H12N4O. The zero-order valence-electron chi connectivity index (χ0n) is 7.95. The molecule has 0 radical (unpaired) electrons. The number of H-pyrrole nitrogens is 1. The van der Waals surface area contributed by atoms with Crippen LogP contribution < -0.4 is 5.32 Å². The molecule has 2 aromatic heterocycles. The second-order valence-corrected chi connectivity index (χ2v) is 3.06. The Labute approximate surface area is 81.5 Å². The molecular weight excluding hydrogens is 180 g/mol. The van der Waals surface area contributed by atoms with Gasteiger partial charge in [0.15, 0.2) is 0 Å². The maximum absolute atomic E-state index is 5.27. The lowest BCUT2D eigenvalue weighted by Gasteiger charge is -2.00. The molecule has 0 aliphatic carbocycles. The Morgan fingerprint density at radius 2 is 2.43 bits per heavy atom. The molecule has 0 aliphatic heterocycles. The summed E-state index contributed by atoms with van der Waals surface area (Å²) in [4.78, 5) is 4.00. The van der Waals surface area contributed by atoms with Gasteiger partial charge in [-0.25, -0.2) is 4.98 Å². The van der Waals surface area contributed by atoms with Gasteiger partial charge in [0.05, 0.1) is 19.4 Å². The smallest absolute Gasteiger partial charge is 0.138 e. The fourth-order valence-electron chi connectivity index (χ4n) is 1.20. The molecule has 0 saturated carbocycles. The quantitative estimate of drug-likeness (QED) is 0.758. The van der Waals surface area contributed by atoms with E-state index in [-0.39, 0.29) is 0 Å². The molecule has 5 nitrogen and oxygen atoms in total. The van der Waals surface area contributed by atoms with E-state index in [0.717, 1.165) is 17.1 Å². The highest BCUT2D eigenvalue weighted by Gasteiger charge is 2.01. The molecule has 0 aliphatic rings. The number of aromatic nitrogens is 3. The molecule has 14 heavy (non-hydrogen) atoms. The molecule has 0 spiro atoms. The summed E-state index contributed by atoms with van der Waals surface area (Å²) in [5, 5.41) is 9.74. The van der Waals surface area contributed by atoms with E-state index in [1.165, 1.54) is 6.33 Å². The molecule has 0 bridgehead atoms. The number of aryl methyl sites for hydroxylation is 1. The second-order valence-electron chi connectivity index (χ2n) is 3.06. The van der Waals surface area contributed by atoms with Gasteiger partial charge in [0.2, 0.25) is 0 Å². The third kappa shape index (κ3) is 2.00. The van der Waals surface area contributed by atoms with E-state index in [4.69, 9.17) is 4.42 Å².